The van der Waals surface area contributed by atoms with E-state index < -0.39 is 0 Å². The Bertz CT molecular complexity index is 376. The monoisotopic (exact) mass is 277 g/mol. The normalized spacial score (nSPS) is 35.2. The van der Waals surface area contributed by atoms with E-state index in [2.05, 4.69) is 23.2 Å². The molecule has 20 heavy (non-hydrogen) atoms. The topological polar surface area (TPSA) is 56.1 Å². The van der Waals surface area contributed by atoms with E-state index in [0.29, 0.717) is 6.04 Å². The maximum Gasteiger partial charge on any atom is 0.224 e. The minimum Gasteiger partial charge on any atom is -0.359 e. The van der Waals surface area contributed by atoms with Gasteiger partial charge in [-0.2, -0.15) is 5.26 Å². The van der Waals surface area contributed by atoms with Crippen LogP contribution in [0.2, 0.25) is 0 Å². The largest absolute Gasteiger partial charge is 0.359 e. The zero-order valence-corrected chi connectivity index (χ0v) is 12.8. The lowest BCUT2D eigenvalue weighted by molar-refractivity contribution is -0.126. The average Bonchev–Trinajstić information content (AvgIpc) is 2.53. The van der Waals surface area contributed by atoms with Gasteiger partial charge in [0, 0.05) is 19.6 Å². The minimum absolute atomic E-state index is 0.107. The van der Waals surface area contributed by atoms with Crippen LogP contribution in [0.15, 0.2) is 0 Å². The van der Waals surface area contributed by atoms with Crippen LogP contribution in [0.5, 0.6) is 0 Å². The number of likely N-dealkylation sites (tertiary alicyclic amines) is 1. The van der Waals surface area contributed by atoms with Crippen LogP contribution in [0.4, 0.5) is 0 Å². The van der Waals surface area contributed by atoms with Crippen molar-refractivity contribution in [3.05, 3.63) is 0 Å². The number of rotatable bonds is 3. The third-order valence-corrected chi connectivity index (χ3v) is 5.21. The third kappa shape index (κ3) is 3.32. The van der Waals surface area contributed by atoms with Crippen LogP contribution in [0.25, 0.3) is 0 Å². The molecule has 0 aromatic rings. The molecule has 1 N–H and O–H groups in total. The first-order valence-corrected chi connectivity index (χ1v) is 8.04. The van der Waals surface area contributed by atoms with Crippen molar-refractivity contribution in [1.82, 2.24) is 10.2 Å². The first kappa shape index (κ1) is 15.3. The molecule has 0 aromatic heterocycles. The number of hydrogen-bond donors (Lipinski definition) is 1. The van der Waals surface area contributed by atoms with E-state index in [-0.39, 0.29) is 17.7 Å². The van der Waals surface area contributed by atoms with Crippen LogP contribution in [-0.4, -0.2) is 37.0 Å². The lowest BCUT2D eigenvalue weighted by atomic mass is 9.76. The Morgan fingerprint density at radius 1 is 1.40 bits per heavy atom. The van der Waals surface area contributed by atoms with Gasteiger partial charge in [-0.1, -0.05) is 13.3 Å². The Hall–Kier alpha value is -1.08. The van der Waals surface area contributed by atoms with Gasteiger partial charge in [0.1, 0.15) is 0 Å². The molecule has 1 amide bonds. The summed E-state index contributed by atoms with van der Waals surface area (Å²) >= 11 is 0. The molecule has 2 fully saturated rings. The van der Waals surface area contributed by atoms with Crippen molar-refractivity contribution in [2.75, 3.05) is 20.1 Å². The van der Waals surface area contributed by atoms with E-state index in [1.54, 1.807) is 7.05 Å². The summed E-state index contributed by atoms with van der Waals surface area (Å²) in [7, 11) is 1.72. The molecule has 2 aliphatic rings. The fourth-order valence-corrected chi connectivity index (χ4v) is 3.88. The molecule has 4 atom stereocenters. The van der Waals surface area contributed by atoms with E-state index in [0.717, 1.165) is 44.7 Å². The number of hydrogen-bond acceptors (Lipinski definition) is 3. The van der Waals surface area contributed by atoms with Gasteiger partial charge in [0.25, 0.3) is 0 Å². The Labute approximate surface area is 122 Å². The number of nitriles is 1. The first-order chi connectivity index (χ1) is 9.69. The number of nitrogens with one attached hydrogen (secondary N) is 1. The number of carbonyl (C=O) groups excluding carboxylic acids is 1. The molecule has 0 bridgehead atoms. The predicted octanol–water partition coefficient (Wildman–Crippen LogP) is 2.16. The average molecular weight is 277 g/mol. The van der Waals surface area contributed by atoms with Crippen LogP contribution in [0.3, 0.4) is 0 Å². The SMILES string of the molecule is CCC1CCC(C#N)C(N2CCCC(C(=O)NC)C2)C1. The second-order valence-electron chi connectivity index (χ2n) is 6.34. The highest BCUT2D eigenvalue weighted by Crippen LogP contribution is 2.35. The second kappa shape index (κ2) is 7.08. The van der Waals surface area contributed by atoms with E-state index in [9.17, 15) is 10.1 Å². The van der Waals surface area contributed by atoms with Gasteiger partial charge in [0.05, 0.1) is 17.9 Å². The molecule has 4 unspecified atom stereocenters. The molecular weight excluding hydrogens is 250 g/mol. The minimum atomic E-state index is 0.107. The van der Waals surface area contributed by atoms with Gasteiger partial charge in [-0.3, -0.25) is 9.69 Å². The summed E-state index contributed by atoms with van der Waals surface area (Å²) in [4.78, 5) is 14.3. The van der Waals surface area contributed by atoms with Crippen molar-refractivity contribution in [2.24, 2.45) is 17.8 Å². The molecule has 1 aliphatic heterocycles. The van der Waals surface area contributed by atoms with Gasteiger partial charge < -0.3 is 5.32 Å². The van der Waals surface area contributed by atoms with E-state index >= 15 is 0 Å². The van der Waals surface area contributed by atoms with Crippen molar-refractivity contribution in [1.29, 1.82) is 5.26 Å². The zero-order chi connectivity index (χ0) is 14.5. The van der Waals surface area contributed by atoms with Crippen molar-refractivity contribution in [3.63, 3.8) is 0 Å². The molecule has 4 nitrogen and oxygen atoms in total. The molecule has 1 saturated heterocycles. The molecule has 2 rings (SSSR count). The maximum atomic E-state index is 11.9. The Morgan fingerprint density at radius 2 is 2.20 bits per heavy atom. The van der Waals surface area contributed by atoms with Crippen LogP contribution in [0.1, 0.15) is 45.4 Å². The second-order valence-corrected chi connectivity index (χ2v) is 6.34. The van der Waals surface area contributed by atoms with Gasteiger partial charge in [-0.25, -0.2) is 0 Å². The predicted molar refractivity (Wildman–Crippen MR) is 78.9 cm³/mol. The molecule has 1 saturated carbocycles. The van der Waals surface area contributed by atoms with Crippen molar-refractivity contribution in [2.45, 2.75) is 51.5 Å². The van der Waals surface area contributed by atoms with Gasteiger partial charge in [0.2, 0.25) is 5.91 Å². The highest BCUT2D eigenvalue weighted by molar-refractivity contribution is 5.78. The summed E-state index contributed by atoms with van der Waals surface area (Å²) in [5, 5.41) is 12.2. The van der Waals surface area contributed by atoms with Gasteiger partial charge >= 0.3 is 0 Å². The summed E-state index contributed by atoms with van der Waals surface area (Å²) in [5.41, 5.74) is 0. The highest BCUT2D eigenvalue weighted by Gasteiger charge is 2.37. The molecule has 112 valence electrons. The smallest absolute Gasteiger partial charge is 0.224 e. The fourth-order valence-electron chi connectivity index (χ4n) is 3.88. The molecule has 1 aliphatic carbocycles. The van der Waals surface area contributed by atoms with E-state index in [1.165, 1.54) is 12.8 Å². The summed E-state index contributed by atoms with van der Waals surface area (Å²) in [6.45, 7) is 4.13. The van der Waals surface area contributed by atoms with Crippen LogP contribution < -0.4 is 5.32 Å². The Kier molecular flexibility index (Phi) is 5.42. The number of piperidine rings is 1. The summed E-state index contributed by atoms with van der Waals surface area (Å²) < 4.78 is 0. The number of amides is 1. The summed E-state index contributed by atoms with van der Waals surface area (Å²) in [6.07, 6.45) is 6.62. The van der Waals surface area contributed by atoms with Crippen LogP contribution in [-0.2, 0) is 4.79 Å². The molecular formula is C16H27N3O. The number of nitrogens with zero attached hydrogens (tertiary/aromatic N) is 2. The lowest BCUT2D eigenvalue weighted by Gasteiger charge is -2.43. The van der Waals surface area contributed by atoms with Gasteiger partial charge in [-0.15, -0.1) is 0 Å². The molecule has 0 spiro atoms. The maximum absolute atomic E-state index is 11.9. The summed E-state index contributed by atoms with van der Waals surface area (Å²) in [6, 6.07) is 2.88. The number of carbonyl (C=O) groups is 1. The molecule has 1 heterocycles. The van der Waals surface area contributed by atoms with Crippen molar-refractivity contribution < 1.29 is 4.79 Å². The molecule has 0 radical (unpaired) electrons. The van der Waals surface area contributed by atoms with E-state index in [4.69, 9.17) is 0 Å². The van der Waals surface area contributed by atoms with E-state index in [1.807, 2.05) is 0 Å². The van der Waals surface area contributed by atoms with Crippen LogP contribution >= 0.6 is 0 Å². The summed E-state index contributed by atoms with van der Waals surface area (Å²) in [5.74, 6) is 1.17. The Morgan fingerprint density at radius 3 is 2.85 bits per heavy atom. The van der Waals surface area contributed by atoms with Crippen molar-refractivity contribution >= 4 is 5.91 Å². The fraction of sp³-hybridized carbons (Fsp3) is 0.875. The highest BCUT2D eigenvalue weighted by atomic mass is 16.1. The lowest BCUT2D eigenvalue weighted by Crippen LogP contribution is -2.50. The van der Waals surface area contributed by atoms with Gasteiger partial charge in [0.15, 0.2) is 0 Å². The quantitative estimate of drug-likeness (QED) is 0.860. The molecule has 0 aromatic carbocycles. The van der Waals surface area contributed by atoms with Gasteiger partial charge in [-0.05, 0) is 44.6 Å². The standard InChI is InChI=1S/C16H27N3O/c1-3-12-6-7-13(10-17)15(9-12)19-8-4-5-14(11-19)16(20)18-2/h12-15H,3-9,11H2,1-2H3,(H,18,20). The molecule has 4 heteroatoms. The van der Waals surface area contributed by atoms with Crippen LogP contribution in [0, 0.1) is 29.1 Å². The Balaban J connectivity index is 2.03. The first-order valence-electron chi connectivity index (χ1n) is 8.04. The zero-order valence-electron chi connectivity index (χ0n) is 12.8. The third-order valence-electron chi connectivity index (χ3n) is 5.21. The van der Waals surface area contributed by atoms with Crippen molar-refractivity contribution in [3.8, 4) is 6.07 Å².